The van der Waals surface area contributed by atoms with E-state index in [1.807, 2.05) is 55.5 Å². The highest BCUT2D eigenvalue weighted by Crippen LogP contribution is 2.32. The minimum Gasteiger partial charge on any atom is -0.497 e. The molecule has 0 aliphatic carbocycles. The van der Waals surface area contributed by atoms with Crippen LogP contribution in [0.3, 0.4) is 0 Å². The number of sulfonamides is 1. The summed E-state index contributed by atoms with van der Waals surface area (Å²) in [6.45, 7) is 5.81. The molecule has 2 amide bonds. The zero-order chi connectivity index (χ0) is 31.4. The molecule has 0 aromatic heterocycles. The summed E-state index contributed by atoms with van der Waals surface area (Å²) in [4.78, 5) is 28.7. The van der Waals surface area contributed by atoms with Gasteiger partial charge in [-0.15, -0.1) is 0 Å². The maximum atomic E-state index is 14.0. The number of ether oxygens (including phenoxy) is 1. The zero-order valence-electron chi connectivity index (χ0n) is 25.5. The Balaban J connectivity index is 1.37. The van der Waals surface area contributed by atoms with Gasteiger partial charge in [-0.3, -0.25) is 9.59 Å². The number of carbonyl (C=O) groups is 2. The maximum absolute atomic E-state index is 14.0. The molecule has 1 N–H and O–H groups in total. The molecule has 0 saturated carbocycles. The van der Waals surface area contributed by atoms with Gasteiger partial charge in [-0.05, 0) is 92.3 Å². The summed E-state index contributed by atoms with van der Waals surface area (Å²) in [5.41, 5.74) is 6.00. The number of amides is 2. The number of benzene rings is 4. The summed E-state index contributed by atoms with van der Waals surface area (Å²) in [5.74, 6) is 0.0628. The van der Waals surface area contributed by atoms with E-state index in [2.05, 4.69) is 5.32 Å². The summed E-state index contributed by atoms with van der Waals surface area (Å²) in [5, 5.41) is 2.88. The van der Waals surface area contributed by atoms with E-state index in [0.717, 1.165) is 22.4 Å². The van der Waals surface area contributed by atoms with E-state index >= 15 is 0 Å². The first-order valence-electron chi connectivity index (χ1n) is 14.6. The van der Waals surface area contributed by atoms with Crippen LogP contribution in [-0.2, 0) is 27.7 Å². The van der Waals surface area contributed by atoms with Crippen LogP contribution in [0.15, 0.2) is 89.8 Å². The van der Waals surface area contributed by atoms with Crippen molar-refractivity contribution in [1.82, 2.24) is 4.31 Å². The minimum atomic E-state index is -3.99. The van der Waals surface area contributed by atoms with Crippen LogP contribution in [0.2, 0.25) is 0 Å². The van der Waals surface area contributed by atoms with Gasteiger partial charge >= 0.3 is 0 Å². The van der Waals surface area contributed by atoms with Crippen molar-refractivity contribution in [1.29, 1.82) is 0 Å². The number of aryl methyl sites for hydroxylation is 3. The van der Waals surface area contributed by atoms with Crippen molar-refractivity contribution in [2.24, 2.45) is 0 Å². The van der Waals surface area contributed by atoms with Crippen LogP contribution in [0.4, 0.5) is 11.4 Å². The second-order valence-corrected chi connectivity index (χ2v) is 13.0. The number of methoxy groups -OCH3 is 1. The van der Waals surface area contributed by atoms with Gasteiger partial charge in [0.15, 0.2) is 0 Å². The van der Waals surface area contributed by atoms with Gasteiger partial charge in [0.1, 0.15) is 5.75 Å². The number of nitrogens with one attached hydrogen (secondary N) is 1. The number of nitrogens with zero attached hydrogens (tertiary/aromatic N) is 2. The largest absolute Gasteiger partial charge is 0.497 e. The Morgan fingerprint density at radius 2 is 1.59 bits per heavy atom. The summed E-state index contributed by atoms with van der Waals surface area (Å²) < 4.78 is 34.5. The normalized spacial score (nSPS) is 12.7. The molecule has 0 fully saturated rings. The van der Waals surface area contributed by atoms with Crippen molar-refractivity contribution in [2.45, 2.75) is 38.5 Å². The quantitative estimate of drug-likeness (QED) is 0.248. The van der Waals surface area contributed by atoms with Crippen LogP contribution >= 0.6 is 0 Å². The smallest absolute Gasteiger partial charge is 0.258 e. The van der Waals surface area contributed by atoms with E-state index in [9.17, 15) is 18.0 Å². The molecule has 0 atom stereocenters. The van der Waals surface area contributed by atoms with Crippen LogP contribution in [-0.4, -0.2) is 51.3 Å². The van der Waals surface area contributed by atoms with E-state index in [0.29, 0.717) is 47.5 Å². The van der Waals surface area contributed by atoms with Crippen molar-refractivity contribution in [3.8, 4) is 5.75 Å². The van der Waals surface area contributed by atoms with Crippen molar-refractivity contribution in [2.75, 3.05) is 37.0 Å². The molecule has 44 heavy (non-hydrogen) atoms. The highest BCUT2D eigenvalue weighted by molar-refractivity contribution is 7.89. The third kappa shape index (κ3) is 6.69. The second-order valence-electron chi connectivity index (χ2n) is 11.1. The number of anilines is 2. The third-order valence-corrected chi connectivity index (χ3v) is 10.0. The molecule has 9 heteroatoms. The van der Waals surface area contributed by atoms with E-state index in [4.69, 9.17) is 4.74 Å². The van der Waals surface area contributed by atoms with Crippen molar-refractivity contribution in [3.05, 3.63) is 118 Å². The van der Waals surface area contributed by atoms with Gasteiger partial charge in [0.2, 0.25) is 15.9 Å². The number of rotatable bonds is 10. The van der Waals surface area contributed by atoms with Crippen LogP contribution < -0.4 is 15.0 Å². The van der Waals surface area contributed by atoms with Gasteiger partial charge in [0, 0.05) is 30.0 Å². The maximum Gasteiger partial charge on any atom is 0.258 e. The molecule has 0 bridgehead atoms. The fourth-order valence-corrected chi connectivity index (χ4v) is 7.61. The summed E-state index contributed by atoms with van der Waals surface area (Å²) in [6, 6.07) is 25.7. The summed E-state index contributed by atoms with van der Waals surface area (Å²) in [6.07, 6.45) is 1.16. The molecule has 0 unspecified atom stereocenters. The Kier molecular flexibility index (Phi) is 9.17. The lowest BCUT2D eigenvalue weighted by Gasteiger charge is -2.24. The molecular formula is C35H37N3O5S. The lowest BCUT2D eigenvalue weighted by Crippen LogP contribution is -2.40. The monoisotopic (exact) mass is 611 g/mol. The first-order valence-corrected chi connectivity index (χ1v) is 16.0. The molecular weight excluding hydrogens is 574 g/mol. The summed E-state index contributed by atoms with van der Waals surface area (Å²) >= 11 is 0. The molecule has 4 aromatic rings. The Morgan fingerprint density at radius 1 is 0.909 bits per heavy atom. The molecule has 1 heterocycles. The van der Waals surface area contributed by atoms with Crippen molar-refractivity contribution in [3.63, 3.8) is 0 Å². The van der Waals surface area contributed by atoms with Crippen molar-refractivity contribution < 1.29 is 22.7 Å². The average Bonchev–Trinajstić information content (AvgIpc) is 3.42. The minimum absolute atomic E-state index is 0.140. The Labute approximate surface area is 259 Å². The molecule has 1 aliphatic heterocycles. The first kappa shape index (κ1) is 31.0. The Bertz CT molecular complexity index is 1760. The van der Waals surface area contributed by atoms with Crippen LogP contribution in [0.1, 0.15) is 38.2 Å². The predicted molar refractivity (Wildman–Crippen MR) is 173 cm³/mol. The molecule has 0 saturated heterocycles. The number of hydrogen-bond acceptors (Lipinski definition) is 5. The fraction of sp³-hybridized carbons (Fsp3) is 0.257. The lowest BCUT2D eigenvalue weighted by atomic mass is 10.1. The SMILES string of the molecule is COc1ccc(C(=O)N2CCc3ccc(NC(=O)CN(CCc4ccccc4)S(=O)(=O)c4c(C)cc(C)cc4C)cc32)cc1. The van der Waals surface area contributed by atoms with Gasteiger partial charge in [-0.2, -0.15) is 4.31 Å². The lowest BCUT2D eigenvalue weighted by molar-refractivity contribution is -0.116. The number of carbonyl (C=O) groups excluding carboxylic acids is 2. The molecule has 0 radical (unpaired) electrons. The number of fused-ring (bicyclic) bond motifs is 1. The fourth-order valence-electron chi connectivity index (χ4n) is 5.80. The van der Waals surface area contributed by atoms with Crippen LogP contribution in [0.5, 0.6) is 5.75 Å². The van der Waals surface area contributed by atoms with E-state index in [1.165, 1.54) is 4.31 Å². The molecule has 228 valence electrons. The first-order chi connectivity index (χ1) is 21.1. The van der Waals surface area contributed by atoms with E-state index < -0.39 is 15.9 Å². The topological polar surface area (TPSA) is 96.0 Å². The van der Waals surface area contributed by atoms with Crippen LogP contribution in [0, 0.1) is 20.8 Å². The standard InChI is InChI=1S/C35H37N3O5S/c1-24-20-25(2)34(26(3)21-24)44(41,42)37(18-16-27-8-6-5-7-9-27)23-33(39)36-30-13-10-28-17-19-38(32(28)22-30)35(40)29-11-14-31(43-4)15-12-29/h5-15,20-22H,16-19,23H2,1-4H3,(H,36,39). The average molecular weight is 612 g/mol. The third-order valence-electron chi connectivity index (χ3n) is 7.86. The van der Waals surface area contributed by atoms with E-state index in [1.54, 1.807) is 62.3 Å². The molecule has 0 spiro atoms. The van der Waals surface area contributed by atoms with Crippen LogP contribution in [0.25, 0.3) is 0 Å². The van der Waals surface area contributed by atoms with E-state index in [-0.39, 0.29) is 23.9 Å². The number of hydrogen-bond donors (Lipinski definition) is 1. The Hall–Kier alpha value is -4.47. The molecule has 1 aliphatic rings. The zero-order valence-corrected chi connectivity index (χ0v) is 26.3. The Morgan fingerprint density at radius 3 is 2.25 bits per heavy atom. The second kappa shape index (κ2) is 13.0. The molecule has 4 aromatic carbocycles. The highest BCUT2D eigenvalue weighted by atomic mass is 32.2. The van der Waals surface area contributed by atoms with Gasteiger partial charge in [0.05, 0.1) is 18.6 Å². The van der Waals surface area contributed by atoms with Gasteiger partial charge in [0.25, 0.3) is 5.91 Å². The van der Waals surface area contributed by atoms with Gasteiger partial charge in [-0.25, -0.2) is 8.42 Å². The predicted octanol–water partition coefficient (Wildman–Crippen LogP) is 5.70. The van der Waals surface area contributed by atoms with Gasteiger partial charge in [-0.1, -0.05) is 54.1 Å². The van der Waals surface area contributed by atoms with Crippen molar-refractivity contribution >= 4 is 33.2 Å². The molecule has 5 rings (SSSR count). The highest BCUT2D eigenvalue weighted by Gasteiger charge is 2.30. The summed E-state index contributed by atoms with van der Waals surface area (Å²) in [7, 11) is -2.42. The molecule has 8 nitrogen and oxygen atoms in total. The van der Waals surface area contributed by atoms with Gasteiger partial charge < -0.3 is 15.0 Å².